The van der Waals surface area contributed by atoms with E-state index >= 15 is 0 Å². The maximum Gasteiger partial charge on any atom is 0.232 e. The fourth-order valence-corrected chi connectivity index (χ4v) is 3.30. The van der Waals surface area contributed by atoms with E-state index in [4.69, 9.17) is 10.5 Å². The van der Waals surface area contributed by atoms with Crippen LogP contribution in [0.3, 0.4) is 0 Å². The smallest absolute Gasteiger partial charge is 0.232 e. The first kappa shape index (κ1) is 19.8. The number of carbonyl (C=O) groups is 1. The van der Waals surface area contributed by atoms with Gasteiger partial charge >= 0.3 is 0 Å². The van der Waals surface area contributed by atoms with Crippen molar-refractivity contribution in [1.29, 1.82) is 0 Å². The fourth-order valence-electron chi connectivity index (χ4n) is 3.30. The number of piperidine rings is 1. The maximum absolute atomic E-state index is 13.2. The molecular formula is C21H34N2O2. The van der Waals surface area contributed by atoms with Gasteiger partial charge in [0.2, 0.25) is 5.91 Å². The van der Waals surface area contributed by atoms with E-state index < -0.39 is 5.41 Å². The molecule has 2 rings (SSSR count). The molecular weight excluding hydrogens is 312 g/mol. The Morgan fingerprint density at radius 2 is 1.92 bits per heavy atom. The van der Waals surface area contributed by atoms with Gasteiger partial charge in [0.05, 0.1) is 12.0 Å². The highest BCUT2D eigenvalue weighted by atomic mass is 16.5. The predicted molar refractivity (Wildman–Crippen MR) is 103 cm³/mol. The first-order chi connectivity index (χ1) is 11.5. The molecule has 1 aliphatic heterocycles. The zero-order valence-electron chi connectivity index (χ0n) is 16.6. The Morgan fingerprint density at radius 1 is 1.32 bits per heavy atom. The van der Waals surface area contributed by atoms with Crippen LogP contribution < -0.4 is 10.5 Å². The number of benzene rings is 1. The van der Waals surface area contributed by atoms with Crippen LogP contribution in [-0.2, 0) is 10.2 Å². The van der Waals surface area contributed by atoms with Gasteiger partial charge in [-0.1, -0.05) is 39.8 Å². The van der Waals surface area contributed by atoms with Crippen molar-refractivity contribution in [2.75, 3.05) is 19.7 Å². The monoisotopic (exact) mass is 346 g/mol. The van der Waals surface area contributed by atoms with Gasteiger partial charge in [0.15, 0.2) is 0 Å². The van der Waals surface area contributed by atoms with E-state index in [0.29, 0.717) is 19.1 Å². The second kappa shape index (κ2) is 7.36. The number of hydrogen-bond donors (Lipinski definition) is 1. The first-order valence-corrected chi connectivity index (χ1v) is 9.32. The molecule has 1 fully saturated rings. The minimum absolute atomic E-state index is 0.0431. The highest BCUT2D eigenvalue weighted by Gasteiger charge is 2.40. The Kier molecular flexibility index (Phi) is 5.82. The van der Waals surface area contributed by atoms with E-state index in [1.165, 1.54) is 0 Å². The van der Waals surface area contributed by atoms with E-state index in [1.54, 1.807) is 0 Å². The van der Waals surface area contributed by atoms with Crippen molar-refractivity contribution in [2.45, 2.75) is 59.4 Å². The summed E-state index contributed by atoms with van der Waals surface area (Å²) < 4.78 is 5.74. The zero-order chi connectivity index (χ0) is 18.8. The average Bonchev–Trinajstić information content (AvgIpc) is 2.55. The summed E-state index contributed by atoms with van der Waals surface area (Å²) in [4.78, 5) is 15.1. The van der Waals surface area contributed by atoms with Gasteiger partial charge < -0.3 is 15.4 Å². The lowest BCUT2D eigenvalue weighted by Crippen LogP contribution is -2.56. The number of hydrogen-bond acceptors (Lipinski definition) is 3. The molecule has 0 aromatic heterocycles. The van der Waals surface area contributed by atoms with Gasteiger partial charge in [-0.25, -0.2) is 0 Å². The molecule has 0 radical (unpaired) electrons. The Morgan fingerprint density at radius 3 is 2.44 bits per heavy atom. The maximum atomic E-state index is 13.2. The standard InChI is InChI=1S/C21H34N2O2/c1-15(2)13-25-17-9-7-16(8-10-17)21(5,6)19(24)23-12-11-18(22)20(3,4)14-23/h7-10,15,18H,11-14,22H2,1-6H3. The summed E-state index contributed by atoms with van der Waals surface area (Å²) >= 11 is 0. The van der Waals surface area contributed by atoms with Gasteiger partial charge in [0, 0.05) is 19.1 Å². The van der Waals surface area contributed by atoms with Crippen LogP contribution in [0.2, 0.25) is 0 Å². The molecule has 1 aromatic carbocycles. The summed E-state index contributed by atoms with van der Waals surface area (Å²) in [5, 5.41) is 0. The number of amides is 1. The van der Waals surface area contributed by atoms with Crippen molar-refractivity contribution in [3.63, 3.8) is 0 Å². The predicted octanol–water partition coefficient (Wildman–Crippen LogP) is 3.58. The molecule has 4 heteroatoms. The molecule has 0 bridgehead atoms. The minimum Gasteiger partial charge on any atom is -0.493 e. The van der Waals surface area contributed by atoms with Gasteiger partial charge in [-0.2, -0.15) is 0 Å². The number of carbonyl (C=O) groups excluding carboxylic acids is 1. The fraction of sp³-hybridized carbons (Fsp3) is 0.667. The molecule has 1 heterocycles. The van der Waals surface area contributed by atoms with Crippen LogP contribution in [0, 0.1) is 11.3 Å². The molecule has 0 aliphatic carbocycles. The van der Waals surface area contributed by atoms with Crippen molar-refractivity contribution in [3.05, 3.63) is 29.8 Å². The van der Waals surface area contributed by atoms with Crippen LogP contribution in [0.1, 0.15) is 53.5 Å². The molecule has 4 nitrogen and oxygen atoms in total. The summed E-state index contributed by atoms with van der Waals surface area (Å²) in [6.45, 7) is 14.7. The summed E-state index contributed by atoms with van der Waals surface area (Å²) in [7, 11) is 0. The molecule has 140 valence electrons. The van der Waals surface area contributed by atoms with E-state index in [0.717, 1.165) is 24.3 Å². The Bertz CT molecular complexity index is 590. The lowest BCUT2D eigenvalue weighted by molar-refractivity contribution is -0.139. The normalized spacial score (nSPS) is 20.6. The lowest BCUT2D eigenvalue weighted by Gasteiger charge is -2.45. The third-order valence-electron chi connectivity index (χ3n) is 5.29. The average molecular weight is 347 g/mol. The van der Waals surface area contributed by atoms with Crippen molar-refractivity contribution in [3.8, 4) is 5.75 Å². The van der Waals surface area contributed by atoms with Gasteiger partial charge in [0.25, 0.3) is 0 Å². The first-order valence-electron chi connectivity index (χ1n) is 9.32. The lowest BCUT2D eigenvalue weighted by atomic mass is 9.77. The third-order valence-corrected chi connectivity index (χ3v) is 5.29. The van der Waals surface area contributed by atoms with Crippen LogP contribution in [0.25, 0.3) is 0 Å². The highest BCUT2D eigenvalue weighted by molar-refractivity contribution is 5.87. The van der Waals surface area contributed by atoms with Crippen LogP contribution in [0.4, 0.5) is 0 Å². The number of rotatable bonds is 5. The van der Waals surface area contributed by atoms with Gasteiger partial charge in [-0.05, 0) is 49.3 Å². The zero-order valence-corrected chi connectivity index (χ0v) is 16.6. The summed E-state index contributed by atoms with van der Waals surface area (Å²) in [6, 6.07) is 8.09. The second-order valence-corrected chi connectivity index (χ2v) is 8.96. The molecule has 0 spiro atoms. The molecule has 2 N–H and O–H groups in total. The number of ether oxygens (including phenoxy) is 1. The Balaban J connectivity index is 2.10. The molecule has 1 unspecified atom stereocenters. The molecule has 1 saturated heterocycles. The molecule has 1 aliphatic rings. The topological polar surface area (TPSA) is 55.6 Å². The van der Waals surface area contributed by atoms with Crippen LogP contribution in [-0.4, -0.2) is 36.5 Å². The van der Waals surface area contributed by atoms with Crippen molar-refractivity contribution in [1.82, 2.24) is 4.90 Å². The molecule has 25 heavy (non-hydrogen) atoms. The summed E-state index contributed by atoms with van der Waals surface area (Å²) in [5.74, 6) is 1.51. The number of nitrogens with zero attached hydrogens (tertiary/aromatic N) is 1. The molecule has 0 saturated carbocycles. The van der Waals surface area contributed by atoms with Crippen LogP contribution in [0.5, 0.6) is 5.75 Å². The number of likely N-dealkylation sites (tertiary alicyclic amines) is 1. The minimum atomic E-state index is -0.561. The van der Waals surface area contributed by atoms with Gasteiger partial charge in [-0.3, -0.25) is 4.79 Å². The molecule has 1 aromatic rings. The largest absolute Gasteiger partial charge is 0.493 e. The third kappa shape index (κ3) is 4.55. The Hall–Kier alpha value is -1.55. The van der Waals surface area contributed by atoms with E-state index in [9.17, 15) is 4.79 Å². The van der Waals surface area contributed by atoms with Crippen LogP contribution in [0.15, 0.2) is 24.3 Å². The van der Waals surface area contributed by atoms with Crippen molar-refractivity contribution in [2.24, 2.45) is 17.1 Å². The highest BCUT2D eigenvalue weighted by Crippen LogP contribution is 2.33. The number of nitrogens with two attached hydrogens (primary N) is 1. The van der Waals surface area contributed by atoms with Crippen LogP contribution >= 0.6 is 0 Å². The van der Waals surface area contributed by atoms with Gasteiger partial charge in [-0.15, -0.1) is 0 Å². The molecule has 1 amide bonds. The summed E-state index contributed by atoms with van der Waals surface area (Å²) in [6.07, 6.45) is 0.858. The SMILES string of the molecule is CC(C)COc1ccc(C(C)(C)C(=O)N2CCC(N)C(C)(C)C2)cc1. The van der Waals surface area contributed by atoms with E-state index in [-0.39, 0.29) is 17.4 Å². The molecule has 1 atom stereocenters. The quantitative estimate of drug-likeness (QED) is 0.886. The van der Waals surface area contributed by atoms with E-state index in [2.05, 4.69) is 27.7 Å². The van der Waals surface area contributed by atoms with Crippen molar-refractivity contribution < 1.29 is 9.53 Å². The van der Waals surface area contributed by atoms with Crippen molar-refractivity contribution >= 4 is 5.91 Å². The van der Waals surface area contributed by atoms with E-state index in [1.807, 2.05) is 43.0 Å². The second-order valence-electron chi connectivity index (χ2n) is 8.96. The Labute approximate surface area is 152 Å². The van der Waals surface area contributed by atoms with Gasteiger partial charge in [0.1, 0.15) is 5.75 Å². The summed E-state index contributed by atoms with van der Waals surface area (Å²) in [5.41, 5.74) is 6.62.